The summed E-state index contributed by atoms with van der Waals surface area (Å²) in [5.41, 5.74) is 0.529. The number of nitrogens with zero attached hydrogens (tertiary/aromatic N) is 3. The average Bonchev–Trinajstić information content (AvgIpc) is 2.65. The lowest BCUT2D eigenvalue weighted by molar-refractivity contribution is -0.136. The highest BCUT2D eigenvalue weighted by atomic mass is 79.9. The first-order valence-corrected chi connectivity index (χ1v) is 9.41. The van der Waals surface area contributed by atoms with Crippen LogP contribution in [-0.2, 0) is 9.53 Å². The number of carbonyl (C=O) groups excluding carboxylic acids is 2. The van der Waals surface area contributed by atoms with Gasteiger partial charge in [-0.1, -0.05) is 0 Å². The van der Waals surface area contributed by atoms with Crippen LogP contribution in [0, 0.1) is 5.82 Å². The van der Waals surface area contributed by atoms with E-state index < -0.39 is 0 Å². The van der Waals surface area contributed by atoms with Crippen LogP contribution < -0.4 is 5.32 Å². The molecule has 1 N–H and O–H groups in total. The Bertz CT molecular complexity index is 661. The van der Waals surface area contributed by atoms with Gasteiger partial charge in [0.2, 0.25) is 5.91 Å². The van der Waals surface area contributed by atoms with Crippen LogP contribution in [0.2, 0.25) is 0 Å². The lowest BCUT2D eigenvalue weighted by Gasteiger charge is -2.36. The Morgan fingerprint density at radius 2 is 1.77 bits per heavy atom. The molecule has 1 aromatic carbocycles. The van der Waals surface area contributed by atoms with Crippen molar-refractivity contribution in [3.8, 4) is 0 Å². The number of piperazine rings is 1. The van der Waals surface area contributed by atoms with E-state index in [1.54, 1.807) is 4.90 Å². The maximum atomic E-state index is 13.1. The minimum Gasteiger partial charge on any atom is -0.378 e. The predicted octanol–water partition coefficient (Wildman–Crippen LogP) is 1.60. The fourth-order valence-corrected chi connectivity index (χ4v) is 3.45. The van der Waals surface area contributed by atoms with Crippen LogP contribution in [0.25, 0.3) is 0 Å². The Balaban J connectivity index is 1.45. The van der Waals surface area contributed by atoms with Crippen molar-refractivity contribution < 1.29 is 18.7 Å². The van der Waals surface area contributed by atoms with E-state index in [1.165, 1.54) is 18.2 Å². The van der Waals surface area contributed by atoms with Crippen LogP contribution in [0.3, 0.4) is 0 Å². The fourth-order valence-electron chi connectivity index (χ4n) is 3.00. The monoisotopic (exact) mass is 428 g/mol. The van der Waals surface area contributed by atoms with E-state index >= 15 is 0 Å². The van der Waals surface area contributed by atoms with Gasteiger partial charge in [-0.2, -0.15) is 0 Å². The number of anilines is 1. The largest absolute Gasteiger partial charge is 0.378 e. The van der Waals surface area contributed by atoms with E-state index in [-0.39, 0.29) is 17.8 Å². The van der Waals surface area contributed by atoms with Gasteiger partial charge in [0.05, 0.1) is 25.4 Å². The van der Waals surface area contributed by atoms with Crippen LogP contribution >= 0.6 is 15.9 Å². The molecule has 0 aromatic heterocycles. The summed E-state index contributed by atoms with van der Waals surface area (Å²) in [7, 11) is 0. The van der Waals surface area contributed by atoms with Crippen molar-refractivity contribution >= 4 is 33.6 Å². The third-order valence-electron chi connectivity index (χ3n) is 4.55. The van der Waals surface area contributed by atoms with Gasteiger partial charge in [0, 0.05) is 43.7 Å². The Kier molecular flexibility index (Phi) is 6.44. The molecule has 0 radical (unpaired) electrons. The van der Waals surface area contributed by atoms with E-state index in [0.29, 0.717) is 69.2 Å². The highest BCUT2D eigenvalue weighted by Crippen LogP contribution is 2.23. The van der Waals surface area contributed by atoms with Crippen LogP contribution in [0.5, 0.6) is 0 Å². The van der Waals surface area contributed by atoms with Crippen molar-refractivity contribution in [2.24, 2.45) is 0 Å². The molecule has 2 aliphatic heterocycles. The maximum absolute atomic E-state index is 13.1. The summed E-state index contributed by atoms with van der Waals surface area (Å²) in [6.45, 7) is 5.24. The third kappa shape index (κ3) is 4.93. The number of rotatable bonds is 3. The summed E-state index contributed by atoms with van der Waals surface area (Å²) in [6.07, 6.45) is 0. The molecule has 0 atom stereocenters. The van der Waals surface area contributed by atoms with E-state index in [0.717, 1.165) is 0 Å². The number of morpholine rings is 1. The second-order valence-electron chi connectivity index (χ2n) is 6.31. The first kappa shape index (κ1) is 19.1. The summed E-state index contributed by atoms with van der Waals surface area (Å²) in [5.74, 6) is -0.255. The van der Waals surface area contributed by atoms with Crippen molar-refractivity contribution in [2.45, 2.75) is 0 Å². The number of hydrogen-bond acceptors (Lipinski definition) is 4. The molecule has 3 amide bonds. The molecule has 0 spiro atoms. The smallest absolute Gasteiger partial charge is 0.321 e. The van der Waals surface area contributed by atoms with Gasteiger partial charge < -0.3 is 19.9 Å². The van der Waals surface area contributed by atoms with Crippen LogP contribution in [-0.4, -0.2) is 85.7 Å². The van der Waals surface area contributed by atoms with Crippen LogP contribution in [0.1, 0.15) is 0 Å². The zero-order valence-electron chi connectivity index (χ0n) is 14.4. The number of halogens is 2. The van der Waals surface area contributed by atoms with Gasteiger partial charge in [0.15, 0.2) is 0 Å². The highest BCUT2D eigenvalue weighted by molar-refractivity contribution is 9.10. The van der Waals surface area contributed by atoms with E-state index in [9.17, 15) is 14.0 Å². The van der Waals surface area contributed by atoms with Gasteiger partial charge in [0.25, 0.3) is 0 Å². The molecule has 26 heavy (non-hydrogen) atoms. The molecule has 0 unspecified atom stereocenters. The standard InChI is InChI=1S/C17H22BrFN4O3/c18-14-11-13(19)1-2-15(14)20-17(25)23-5-3-21(4-6-23)12-16(24)22-7-9-26-10-8-22/h1-2,11H,3-10,12H2,(H,20,25). The van der Waals surface area contributed by atoms with E-state index in [2.05, 4.69) is 26.1 Å². The first-order valence-electron chi connectivity index (χ1n) is 8.62. The molecule has 9 heteroatoms. The molecule has 2 saturated heterocycles. The zero-order chi connectivity index (χ0) is 18.5. The number of carbonyl (C=O) groups is 2. The van der Waals surface area contributed by atoms with Gasteiger partial charge in [-0.3, -0.25) is 9.69 Å². The topological polar surface area (TPSA) is 65.1 Å². The Morgan fingerprint density at radius 1 is 1.08 bits per heavy atom. The molecule has 2 aliphatic rings. The summed E-state index contributed by atoms with van der Waals surface area (Å²) in [5, 5.41) is 2.78. The fraction of sp³-hybridized carbons (Fsp3) is 0.529. The van der Waals surface area contributed by atoms with E-state index in [1.807, 2.05) is 4.90 Å². The summed E-state index contributed by atoms with van der Waals surface area (Å²) >= 11 is 3.24. The molecule has 1 aromatic rings. The zero-order valence-corrected chi connectivity index (χ0v) is 16.0. The van der Waals surface area contributed by atoms with Gasteiger partial charge in [0.1, 0.15) is 5.82 Å². The average molecular weight is 429 g/mol. The third-order valence-corrected chi connectivity index (χ3v) is 5.21. The number of amides is 3. The Hall–Kier alpha value is -1.71. The SMILES string of the molecule is O=C(CN1CCN(C(=O)Nc2ccc(F)cc2Br)CC1)N1CCOCC1. The molecule has 3 rings (SSSR count). The quantitative estimate of drug-likeness (QED) is 0.793. The summed E-state index contributed by atoms with van der Waals surface area (Å²) < 4.78 is 18.9. The van der Waals surface area contributed by atoms with E-state index in [4.69, 9.17) is 4.74 Å². The maximum Gasteiger partial charge on any atom is 0.321 e. The highest BCUT2D eigenvalue weighted by Gasteiger charge is 2.25. The molecular weight excluding hydrogens is 407 g/mol. The van der Waals surface area contributed by atoms with Crippen molar-refractivity contribution in [3.05, 3.63) is 28.5 Å². The van der Waals surface area contributed by atoms with Crippen LogP contribution in [0.4, 0.5) is 14.9 Å². The van der Waals surface area contributed by atoms with Gasteiger partial charge in [-0.15, -0.1) is 0 Å². The van der Waals surface area contributed by atoms with Crippen molar-refractivity contribution in [1.29, 1.82) is 0 Å². The minimum absolute atomic E-state index is 0.112. The number of benzene rings is 1. The number of ether oxygens (including phenoxy) is 1. The molecule has 0 aliphatic carbocycles. The minimum atomic E-state index is -0.367. The van der Waals surface area contributed by atoms with Gasteiger partial charge in [-0.25, -0.2) is 9.18 Å². The predicted molar refractivity (Wildman–Crippen MR) is 98.5 cm³/mol. The molecule has 2 heterocycles. The summed E-state index contributed by atoms with van der Waals surface area (Å²) in [6, 6.07) is 3.91. The van der Waals surface area contributed by atoms with Crippen molar-refractivity contribution in [2.75, 3.05) is 64.3 Å². The lowest BCUT2D eigenvalue weighted by atomic mass is 10.3. The van der Waals surface area contributed by atoms with Crippen molar-refractivity contribution in [3.63, 3.8) is 0 Å². The number of nitrogens with one attached hydrogen (secondary N) is 1. The van der Waals surface area contributed by atoms with Gasteiger partial charge in [-0.05, 0) is 34.1 Å². The Labute approximate surface area is 160 Å². The van der Waals surface area contributed by atoms with Crippen molar-refractivity contribution in [1.82, 2.24) is 14.7 Å². The van der Waals surface area contributed by atoms with Crippen LogP contribution in [0.15, 0.2) is 22.7 Å². The molecule has 2 fully saturated rings. The second kappa shape index (κ2) is 8.79. The summed E-state index contributed by atoms with van der Waals surface area (Å²) in [4.78, 5) is 30.3. The molecule has 7 nitrogen and oxygen atoms in total. The normalized spacial score (nSPS) is 18.7. The second-order valence-corrected chi connectivity index (χ2v) is 7.17. The molecule has 0 bridgehead atoms. The first-order chi connectivity index (χ1) is 12.5. The molecule has 142 valence electrons. The number of urea groups is 1. The molecule has 0 saturated carbocycles. The molecular formula is C17H22BrFN4O3. The number of hydrogen-bond donors (Lipinski definition) is 1. The Morgan fingerprint density at radius 3 is 2.42 bits per heavy atom. The lowest BCUT2D eigenvalue weighted by Crippen LogP contribution is -2.53. The van der Waals surface area contributed by atoms with Gasteiger partial charge >= 0.3 is 6.03 Å².